The van der Waals surface area contributed by atoms with Crippen LogP contribution in [-0.4, -0.2) is 30.9 Å². The van der Waals surface area contributed by atoms with Crippen LogP contribution in [0.5, 0.6) is 0 Å². The maximum absolute atomic E-state index is 12.7. The van der Waals surface area contributed by atoms with Crippen LogP contribution in [0.3, 0.4) is 0 Å². The van der Waals surface area contributed by atoms with E-state index in [0.717, 1.165) is 12.8 Å². The quantitative estimate of drug-likeness (QED) is 0.847. The first-order chi connectivity index (χ1) is 9.48. The maximum atomic E-state index is 12.7. The van der Waals surface area contributed by atoms with Crippen LogP contribution in [0.15, 0.2) is 27.6 Å². The van der Waals surface area contributed by atoms with Gasteiger partial charge in [-0.15, -0.1) is 0 Å². The Morgan fingerprint density at radius 2 is 2.10 bits per heavy atom. The van der Waals surface area contributed by atoms with E-state index in [2.05, 4.69) is 15.9 Å². The van der Waals surface area contributed by atoms with Gasteiger partial charge in [-0.3, -0.25) is 0 Å². The van der Waals surface area contributed by atoms with Crippen molar-refractivity contribution in [2.24, 2.45) is 5.92 Å². The lowest BCUT2D eigenvalue weighted by Crippen LogP contribution is -2.37. The van der Waals surface area contributed by atoms with Crippen LogP contribution in [0.1, 0.15) is 31.7 Å². The van der Waals surface area contributed by atoms with Gasteiger partial charge in [-0.2, -0.15) is 4.31 Å². The normalized spacial score (nSPS) is 16.4. The van der Waals surface area contributed by atoms with Gasteiger partial charge < -0.3 is 5.11 Å². The summed E-state index contributed by atoms with van der Waals surface area (Å²) in [7, 11) is -3.51. The van der Waals surface area contributed by atoms with Crippen LogP contribution in [-0.2, 0) is 16.6 Å². The monoisotopic (exact) mass is 361 g/mol. The fourth-order valence-electron chi connectivity index (χ4n) is 2.34. The molecule has 0 bridgehead atoms. The van der Waals surface area contributed by atoms with E-state index < -0.39 is 10.0 Å². The molecule has 1 fully saturated rings. The molecule has 1 saturated carbocycles. The van der Waals surface area contributed by atoms with Crippen LogP contribution < -0.4 is 0 Å². The van der Waals surface area contributed by atoms with Crippen molar-refractivity contribution in [2.75, 3.05) is 13.1 Å². The third-order valence-electron chi connectivity index (χ3n) is 3.84. The molecule has 0 heterocycles. The predicted octanol–water partition coefficient (Wildman–Crippen LogP) is 2.75. The molecular formula is C14H20BrNO3S. The lowest BCUT2D eigenvalue weighted by atomic mass is 9.85. The average molecular weight is 362 g/mol. The molecule has 4 nitrogen and oxygen atoms in total. The first-order valence-corrected chi connectivity index (χ1v) is 9.11. The minimum atomic E-state index is -3.51. The van der Waals surface area contributed by atoms with E-state index in [1.54, 1.807) is 18.2 Å². The number of hydrogen-bond acceptors (Lipinski definition) is 3. The Balaban J connectivity index is 2.31. The van der Waals surface area contributed by atoms with E-state index >= 15 is 0 Å². The van der Waals surface area contributed by atoms with Crippen molar-refractivity contribution in [3.8, 4) is 0 Å². The van der Waals surface area contributed by atoms with Gasteiger partial charge in [-0.25, -0.2) is 8.42 Å². The second kappa shape index (κ2) is 6.56. The SMILES string of the molecule is CCN(CC1CCC1)S(=O)(=O)c1cc(CO)ccc1Br. The third kappa shape index (κ3) is 3.24. The summed E-state index contributed by atoms with van der Waals surface area (Å²) in [5.41, 5.74) is 0.603. The number of aliphatic hydroxyl groups excluding tert-OH is 1. The fraction of sp³-hybridized carbons (Fsp3) is 0.571. The summed E-state index contributed by atoms with van der Waals surface area (Å²) in [6.07, 6.45) is 3.43. The van der Waals surface area contributed by atoms with Gasteiger partial charge in [0, 0.05) is 17.6 Å². The standard InChI is InChI=1S/C14H20BrNO3S/c1-2-16(9-11-4-3-5-11)20(18,19)14-8-12(10-17)6-7-13(14)15/h6-8,11,17H,2-5,9-10H2,1H3. The minimum Gasteiger partial charge on any atom is -0.392 e. The van der Waals surface area contributed by atoms with Gasteiger partial charge in [0.2, 0.25) is 10.0 Å². The highest BCUT2D eigenvalue weighted by atomic mass is 79.9. The maximum Gasteiger partial charge on any atom is 0.244 e. The molecule has 1 aliphatic carbocycles. The molecule has 1 aromatic carbocycles. The summed E-state index contributed by atoms with van der Waals surface area (Å²) in [6, 6.07) is 4.93. The van der Waals surface area contributed by atoms with Gasteiger partial charge in [-0.05, 0) is 52.4 Å². The van der Waals surface area contributed by atoms with Gasteiger partial charge in [0.25, 0.3) is 0 Å². The van der Waals surface area contributed by atoms with Gasteiger partial charge in [0.05, 0.1) is 11.5 Å². The number of benzene rings is 1. The van der Waals surface area contributed by atoms with Crippen LogP contribution in [0.25, 0.3) is 0 Å². The highest BCUT2D eigenvalue weighted by Crippen LogP contribution is 2.31. The zero-order valence-electron chi connectivity index (χ0n) is 11.5. The minimum absolute atomic E-state index is 0.162. The van der Waals surface area contributed by atoms with Crippen molar-refractivity contribution in [3.05, 3.63) is 28.2 Å². The molecule has 0 amide bonds. The van der Waals surface area contributed by atoms with Crippen molar-refractivity contribution in [1.29, 1.82) is 0 Å². The topological polar surface area (TPSA) is 57.6 Å². The smallest absolute Gasteiger partial charge is 0.244 e. The molecule has 1 aromatic rings. The third-order valence-corrected chi connectivity index (χ3v) is 6.77. The molecule has 0 aromatic heterocycles. The van der Waals surface area contributed by atoms with E-state index in [1.165, 1.54) is 10.7 Å². The first-order valence-electron chi connectivity index (χ1n) is 6.88. The summed E-state index contributed by atoms with van der Waals surface area (Å²) in [4.78, 5) is 0.241. The molecule has 1 N–H and O–H groups in total. The number of hydrogen-bond donors (Lipinski definition) is 1. The average Bonchev–Trinajstić information content (AvgIpc) is 2.37. The number of halogens is 1. The number of rotatable bonds is 6. The summed E-state index contributed by atoms with van der Waals surface area (Å²) >= 11 is 3.30. The Labute approximate surface area is 129 Å². The number of sulfonamides is 1. The molecular weight excluding hydrogens is 342 g/mol. The molecule has 2 rings (SSSR count). The molecule has 0 unspecified atom stereocenters. The molecule has 0 spiro atoms. The van der Waals surface area contributed by atoms with Crippen molar-refractivity contribution >= 4 is 26.0 Å². The van der Waals surface area contributed by atoms with Crippen LogP contribution in [0.2, 0.25) is 0 Å². The van der Waals surface area contributed by atoms with E-state index in [-0.39, 0.29) is 11.5 Å². The summed E-state index contributed by atoms with van der Waals surface area (Å²) in [5.74, 6) is 0.490. The van der Waals surface area contributed by atoms with Crippen LogP contribution >= 0.6 is 15.9 Å². The van der Waals surface area contributed by atoms with Gasteiger partial charge in [-0.1, -0.05) is 19.4 Å². The lowest BCUT2D eigenvalue weighted by molar-refractivity contribution is 0.250. The highest BCUT2D eigenvalue weighted by Gasteiger charge is 2.29. The van der Waals surface area contributed by atoms with Crippen molar-refractivity contribution in [2.45, 2.75) is 37.7 Å². The van der Waals surface area contributed by atoms with Crippen molar-refractivity contribution < 1.29 is 13.5 Å². The number of nitrogens with zero attached hydrogens (tertiary/aromatic N) is 1. The van der Waals surface area contributed by atoms with E-state index in [1.807, 2.05) is 6.92 Å². The summed E-state index contributed by atoms with van der Waals surface area (Å²) in [6.45, 7) is 2.76. The predicted molar refractivity (Wildman–Crippen MR) is 81.8 cm³/mol. The second-order valence-electron chi connectivity index (χ2n) is 5.18. The Morgan fingerprint density at radius 3 is 2.60 bits per heavy atom. The number of aliphatic hydroxyl groups is 1. The molecule has 20 heavy (non-hydrogen) atoms. The Hall–Kier alpha value is -0.430. The summed E-state index contributed by atoms with van der Waals surface area (Å²) < 4.78 is 27.6. The summed E-state index contributed by atoms with van der Waals surface area (Å²) in [5, 5.41) is 9.18. The zero-order chi connectivity index (χ0) is 14.8. The van der Waals surface area contributed by atoms with Gasteiger partial charge in [0.1, 0.15) is 0 Å². The Morgan fingerprint density at radius 1 is 1.40 bits per heavy atom. The van der Waals surface area contributed by atoms with Crippen LogP contribution in [0, 0.1) is 5.92 Å². The van der Waals surface area contributed by atoms with Crippen molar-refractivity contribution in [1.82, 2.24) is 4.31 Å². The lowest BCUT2D eigenvalue weighted by Gasteiger charge is -2.31. The molecule has 112 valence electrons. The first kappa shape index (κ1) is 15.9. The molecule has 0 saturated heterocycles. The highest BCUT2D eigenvalue weighted by molar-refractivity contribution is 9.10. The van der Waals surface area contributed by atoms with Gasteiger partial charge in [0.15, 0.2) is 0 Å². The van der Waals surface area contributed by atoms with Crippen molar-refractivity contribution in [3.63, 3.8) is 0 Å². The molecule has 0 atom stereocenters. The molecule has 0 radical (unpaired) electrons. The van der Waals surface area contributed by atoms with E-state index in [9.17, 15) is 13.5 Å². The molecule has 6 heteroatoms. The Bertz CT molecular complexity index is 570. The largest absolute Gasteiger partial charge is 0.392 e. The molecule has 1 aliphatic rings. The van der Waals surface area contributed by atoms with E-state index in [0.29, 0.717) is 29.0 Å². The zero-order valence-corrected chi connectivity index (χ0v) is 14.0. The van der Waals surface area contributed by atoms with E-state index in [4.69, 9.17) is 0 Å². The van der Waals surface area contributed by atoms with Gasteiger partial charge >= 0.3 is 0 Å². The fourth-order valence-corrected chi connectivity index (χ4v) is 4.84. The van der Waals surface area contributed by atoms with Crippen LogP contribution in [0.4, 0.5) is 0 Å². The molecule has 0 aliphatic heterocycles. The Kier molecular flexibility index (Phi) is 5.23. The second-order valence-corrected chi connectivity index (χ2v) is 7.94.